The molecular weight excluding hydrogens is 529 g/mol. The van der Waals surface area contributed by atoms with Crippen LogP contribution in [-0.4, -0.2) is 68.0 Å². The molecule has 0 saturated carbocycles. The minimum absolute atomic E-state index is 0.109. The highest BCUT2D eigenvalue weighted by Gasteiger charge is 2.33. The van der Waals surface area contributed by atoms with E-state index < -0.39 is 18.0 Å². The van der Waals surface area contributed by atoms with Crippen LogP contribution in [0.4, 0.5) is 26.2 Å². The maximum absolute atomic E-state index is 15.1. The highest BCUT2D eigenvalue weighted by Crippen LogP contribution is 2.32. The zero-order chi connectivity index (χ0) is 26.8. The molecule has 12 heteroatoms. The highest BCUT2D eigenvalue weighted by atomic mass is 32.2. The van der Waals surface area contributed by atoms with Crippen LogP contribution < -0.4 is 25.3 Å². The average molecular weight is 558 g/mol. The molecule has 3 fully saturated rings. The smallest absolute Gasteiger partial charge is 0.414 e. The van der Waals surface area contributed by atoms with Crippen molar-refractivity contribution in [3.05, 3.63) is 58.8 Å². The molecule has 1 unspecified atom stereocenters. The Morgan fingerprint density at radius 1 is 1.13 bits per heavy atom. The number of nitrogens with one attached hydrogen (secondary N) is 2. The van der Waals surface area contributed by atoms with Crippen LogP contribution in [0.5, 0.6) is 0 Å². The molecule has 3 heterocycles. The normalized spacial score (nSPS) is 22.6. The first kappa shape index (κ1) is 26.2. The van der Waals surface area contributed by atoms with Crippen molar-refractivity contribution in [2.45, 2.75) is 17.7 Å². The Balaban J connectivity index is 1.17. The van der Waals surface area contributed by atoms with Gasteiger partial charge in [-0.3, -0.25) is 14.5 Å². The van der Waals surface area contributed by atoms with Crippen molar-refractivity contribution in [3.63, 3.8) is 0 Å². The maximum atomic E-state index is 15.1. The van der Waals surface area contributed by atoms with Gasteiger partial charge in [0.05, 0.1) is 29.4 Å². The van der Waals surface area contributed by atoms with Crippen LogP contribution in [0, 0.1) is 5.82 Å². The molecule has 2 aromatic carbocycles. The molecule has 38 heavy (non-hydrogen) atoms. The standard InChI is InChI=1S/C26H28FN5O4S2/c1-16(33)28-14-20-15-32(26(35)36-20)19-6-7-22(21(27)13-19)31-10-8-30(9-11-31)18-4-2-17(3-5-18)12-23-24(34)29-25(37)38-23/h2-7,12-13,20,25,37H,8-11,14-15H2,1H3,(H,28,33)(H,29,34)/b23-12+/t20-,25?/m0/s1. The van der Waals surface area contributed by atoms with E-state index in [9.17, 15) is 14.4 Å². The lowest BCUT2D eigenvalue weighted by molar-refractivity contribution is -0.119. The van der Waals surface area contributed by atoms with Crippen molar-refractivity contribution in [2.75, 3.05) is 54.0 Å². The van der Waals surface area contributed by atoms with Gasteiger partial charge in [0.2, 0.25) is 5.91 Å². The lowest BCUT2D eigenvalue weighted by atomic mass is 10.1. The summed E-state index contributed by atoms with van der Waals surface area (Å²) in [5, 5.41) is 5.38. The molecule has 0 bridgehead atoms. The Morgan fingerprint density at radius 3 is 2.45 bits per heavy atom. The second kappa shape index (κ2) is 11.2. The molecule has 2 N–H and O–H groups in total. The number of carbonyl (C=O) groups is 3. The van der Waals surface area contributed by atoms with Crippen molar-refractivity contribution >= 4 is 65.4 Å². The van der Waals surface area contributed by atoms with Crippen LogP contribution in [0.2, 0.25) is 0 Å². The molecule has 3 saturated heterocycles. The fraction of sp³-hybridized carbons (Fsp3) is 0.346. The minimum atomic E-state index is -0.556. The molecule has 0 spiro atoms. The van der Waals surface area contributed by atoms with Crippen molar-refractivity contribution in [2.24, 2.45) is 0 Å². The van der Waals surface area contributed by atoms with Gasteiger partial charge in [0.15, 0.2) is 0 Å². The Hall–Kier alpha value is -3.38. The Labute approximate surface area is 229 Å². The van der Waals surface area contributed by atoms with E-state index in [1.54, 1.807) is 12.1 Å². The Morgan fingerprint density at radius 2 is 1.82 bits per heavy atom. The lowest BCUT2D eigenvalue weighted by Gasteiger charge is -2.37. The number of halogens is 1. The molecule has 9 nitrogen and oxygen atoms in total. The summed E-state index contributed by atoms with van der Waals surface area (Å²) < 4.78 is 20.2. The first-order valence-electron chi connectivity index (χ1n) is 12.3. The number of ether oxygens (including phenoxy) is 1. The van der Waals surface area contributed by atoms with Crippen LogP contribution in [-0.2, 0) is 14.3 Å². The van der Waals surface area contributed by atoms with E-state index in [1.165, 1.54) is 29.7 Å². The maximum Gasteiger partial charge on any atom is 0.414 e. The number of hydrogen-bond donors (Lipinski definition) is 3. The highest BCUT2D eigenvalue weighted by molar-refractivity contribution is 8.14. The third kappa shape index (κ3) is 5.86. The number of benzene rings is 2. The molecule has 3 aliphatic rings. The number of thiol groups is 1. The molecule has 2 atom stereocenters. The molecule has 5 rings (SSSR count). The second-order valence-corrected chi connectivity index (χ2v) is 11.2. The molecule has 3 aliphatic heterocycles. The van der Waals surface area contributed by atoms with Crippen molar-refractivity contribution < 1.29 is 23.5 Å². The number of nitrogens with zero attached hydrogens (tertiary/aromatic N) is 3. The quantitative estimate of drug-likeness (QED) is 0.371. The molecular formula is C26H28FN5O4S2. The third-order valence-electron chi connectivity index (χ3n) is 6.59. The average Bonchev–Trinajstić information content (AvgIpc) is 3.43. The number of cyclic esters (lactones) is 1. The fourth-order valence-electron chi connectivity index (χ4n) is 4.64. The molecule has 200 valence electrons. The van der Waals surface area contributed by atoms with Crippen LogP contribution in [0.1, 0.15) is 12.5 Å². The first-order chi connectivity index (χ1) is 18.3. The van der Waals surface area contributed by atoms with E-state index in [4.69, 9.17) is 4.74 Å². The van der Waals surface area contributed by atoms with Crippen molar-refractivity contribution in [3.8, 4) is 0 Å². The second-order valence-electron chi connectivity index (χ2n) is 9.21. The van der Waals surface area contributed by atoms with Crippen molar-refractivity contribution in [1.82, 2.24) is 10.6 Å². The van der Waals surface area contributed by atoms with Crippen molar-refractivity contribution in [1.29, 1.82) is 0 Å². The first-order valence-corrected chi connectivity index (χ1v) is 13.7. The lowest BCUT2D eigenvalue weighted by Crippen LogP contribution is -2.46. The molecule has 0 aliphatic carbocycles. The summed E-state index contributed by atoms with van der Waals surface area (Å²) in [5.41, 5.74) is 2.93. The summed E-state index contributed by atoms with van der Waals surface area (Å²) in [4.78, 5) is 41.6. The van der Waals surface area contributed by atoms with E-state index in [0.717, 1.165) is 24.3 Å². The van der Waals surface area contributed by atoms with Gasteiger partial charge >= 0.3 is 6.09 Å². The Bertz CT molecular complexity index is 1270. The molecule has 0 radical (unpaired) electrons. The zero-order valence-corrected chi connectivity index (χ0v) is 22.4. The number of thioether (sulfide) groups is 1. The SMILES string of the molecule is CC(=O)NC[C@H]1CN(c2ccc(N3CCN(c4ccc(/C=C5/SC(S)NC5=O)cc4)CC3)c(F)c2)C(=O)O1. The summed E-state index contributed by atoms with van der Waals surface area (Å²) >= 11 is 5.66. The fourth-order valence-corrected chi connectivity index (χ4v) is 5.88. The van der Waals surface area contributed by atoms with Gasteiger partial charge in [-0.05, 0) is 42.0 Å². The van der Waals surface area contributed by atoms with E-state index in [2.05, 4.69) is 28.2 Å². The summed E-state index contributed by atoms with van der Waals surface area (Å²) in [5.74, 6) is -0.712. The predicted molar refractivity (Wildman–Crippen MR) is 150 cm³/mol. The number of carbonyl (C=O) groups excluding carboxylic acids is 3. The van der Waals surface area contributed by atoms with Crippen LogP contribution >= 0.6 is 24.4 Å². The van der Waals surface area contributed by atoms with Gasteiger partial charge in [0.1, 0.15) is 16.6 Å². The molecule has 2 aromatic rings. The summed E-state index contributed by atoms with van der Waals surface area (Å²) in [6.07, 6.45) is 0.823. The number of amides is 3. The van der Waals surface area contributed by atoms with Gasteiger partial charge < -0.3 is 25.2 Å². The van der Waals surface area contributed by atoms with Gasteiger partial charge in [-0.1, -0.05) is 23.9 Å². The van der Waals surface area contributed by atoms with Gasteiger partial charge in [-0.15, -0.1) is 12.6 Å². The van der Waals surface area contributed by atoms with Crippen LogP contribution in [0.3, 0.4) is 0 Å². The third-order valence-corrected chi connectivity index (χ3v) is 7.93. The summed E-state index contributed by atoms with van der Waals surface area (Å²) in [6.45, 7) is 4.60. The van der Waals surface area contributed by atoms with Gasteiger partial charge in [-0.25, -0.2) is 9.18 Å². The largest absolute Gasteiger partial charge is 0.442 e. The molecule has 0 aromatic heterocycles. The van der Waals surface area contributed by atoms with E-state index >= 15 is 4.39 Å². The number of hydrogen-bond acceptors (Lipinski definition) is 8. The number of rotatable bonds is 6. The summed E-state index contributed by atoms with van der Waals surface area (Å²) in [7, 11) is 0. The molecule has 3 amide bonds. The van der Waals surface area contributed by atoms with Gasteiger partial charge in [0, 0.05) is 38.8 Å². The van der Waals surface area contributed by atoms with Crippen LogP contribution in [0.25, 0.3) is 6.08 Å². The van der Waals surface area contributed by atoms with E-state index in [0.29, 0.717) is 29.4 Å². The number of anilines is 3. The van der Waals surface area contributed by atoms with Crippen LogP contribution in [0.15, 0.2) is 47.4 Å². The minimum Gasteiger partial charge on any atom is -0.442 e. The predicted octanol–water partition coefficient (Wildman–Crippen LogP) is 3.03. The van der Waals surface area contributed by atoms with E-state index in [-0.39, 0.29) is 29.6 Å². The topological polar surface area (TPSA) is 94.2 Å². The van der Waals surface area contributed by atoms with Gasteiger partial charge in [0.25, 0.3) is 5.91 Å². The van der Waals surface area contributed by atoms with Gasteiger partial charge in [-0.2, -0.15) is 0 Å². The van der Waals surface area contributed by atoms with E-state index in [1.807, 2.05) is 35.2 Å². The summed E-state index contributed by atoms with van der Waals surface area (Å²) in [6, 6.07) is 12.8. The monoisotopic (exact) mass is 557 g/mol. The zero-order valence-electron chi connectivity index (χ0n) is 20.7. The Kier molecular flexibility index (Phi) is 7.70. The number of piperazine rings is 1.